The van der Waals surface area contributed by atoms with Crippen LogP contribution in [0.1, 0.15) is 16.5 Å². The number of rotatable bonds is 4. The second kappa shape index (κ2) is 5.58. The molecule has 0 fully saturated rings. The average molecular weight is 285 g/mol. The van der Waals surface area contributed by atoms with Crippen LogP contribution in [-0.2, 0) is 0 Å². The lowest BCUT2D eigenvalue weighted by Crippen LogP contribution is -2.28. The molecule has 0 amide bonds. The van der Waals surface area contributed by atoms with E-state index in [1.807, 2.05) is 29.6 Å². The molecule has 20 heavy (non-hydrogen) atoms. The minimum Gasteiger partial charge on any atom is -0.496 e. The monoisotopic (exact) mass is 285 g/mol. The number of aromatic nitrogens is 1. The molecular formula is C15H15N3OS. The van der Waals surface area contributed by atoms with E-state index in [4.69, 9.17) is 10.6 Å². The molecule has 0 aliphatic rings. The van der Waals surface area contributed by atoms with Crippen molar-refractivity contribution in [2.45, 2.75) is 6.04 Å². The van der Waals surface area contributed by atoms with Crippen LogP contribution in [0.25, 0.3) is 10.9 Å². The Morgan fingerprint density at radius 1 is 1.25 bits per heavy atom. The van der Waals surface area contributed by atoms with Crippen LogP contribution in [-0.4, -0.2) is 12.1 Å². The summed E-state index contributed by atoms with van der Waals surface area (Å²) in [7, 11) is 1.67. The summed E-state index contributed by atoms with van der Waals surface area (Å²) >= 11 is 1.62. The summed E-state index contributed by atoms with van der Waals surface area (Å²) in [5.41, 5.74) is 4.95. The zero-order valence-corrected chi connectivity index (χ0v) is 11.9. The first-order valence-electron chi connectivity index (χ1n) is 6.26. The van der Waals surface area contributed by atoms with Gasteiger partial charge in [0.2, 0.25) is 0 Å². The van der Waals surface area contributed by atoms with Gasteiger partial charge in [0.1, 0.15) is 5.75 Å². The van der Waals surface area contributed by atoms with Crippen LogP contribution in [0.15, 0.2) is 48.0 Å². The first kappa shape index (κ1) is 13.1. The zero-order chi connectivity index (χ0) is 13.9. The van der Waals surface area contributed by atoms with Crippen LogP contribution >= 0.6 is 11.3 Å². The number of thiophene rings is 1. The molecule has 3 rings (SSSR count). The number of pyridine rings is 1. The maximum Gasteiger partial charge on any atom is 0.134 e. The van der Waals surface area contributed by atoms with Crippen LogP contribution in [0.3, 0.4) is 0 Å². The highest BCUT2D eigenvalue weighted by Crippen LogP contribution is 2.36. The standard InChI is InChI=1S/C15H15N3OS/c1-19-13-7-9-20-15(13)14(18-16)11-4-2-6-12-10(11)5-3-8-17-12/h2-9,14,18H,16H2,1H3. The normalized spacial score (nSPS) is 12.5. The van der Waals surface area contributed by atoms with Crippen molar-refractivity contribution in [2.24, 2.45) is 5.84 Å². The van der Waals surface area contributed by atoms with Gasteiger partial charge in [-0.15, -0.1) is 11.3 Å². The van der Waals surface area contributed by atoms with Crippen molar-refractivity contribution in [3.05, 3.63) is 58.4 Å². The molecule has 0 saturated carbocycles. The average Bonchev–Trinajstić information content (AvgIpc) is 2.97. The number of methoxy groups -OCH3 is 1. The van der Waals surface area contributed by atoms with Crippen LogP contribution in [0.4, 0.5) is 0 Å². The number of nitrogens with two attached hydrogens (primary N) is 1. The molecule has 2 aromatic heterocycles. The Labute approximate surface area is 121 Å². The Bertz CT molecular complexity index is 720. The maximum atomic E-state index is 5.79. The highest BCUT2D eigenvalue weighted by Gasteiger charge is 2.20. The predicted molar refractivity (Wildman–Crippen MR) is 81.8 cm³/mol. The molecule has 0 radical (unpaired) electrons. The SMILES string of the molecule is COc1ccsc1C(NN)c1cccc2ncccc12. The van der Waals surface area contributed by atoms with Crippen LogP contribution in [0.2, 0.25) is 0 Å². The van der Waals surface area contributed by atoms with Gasteiger partial charge < -0.3 is 4.74 Å². The smallest absolute Gasteiger partial charge is 0.134 e. The zero-order valence-electron chi connectivity index (χ0n) is 11.0. The van der Waals surface area contributed by atoms with Gasteiger partial charge in [-0.1, -0.05) is 18.2 Å². The van der Waals surface area contributed by atoms with E-state index in [1.54, 1.807) is 24.6 Å². The quantitative estimate of drug-likeness (QED) is 0.571. The molecule has 0 bridgehead atoms. The minimum absolute atomic E-state index is 0.113. The molecule has 1 atom stereocenters. The van der Waals surface area contributed by atoms with E-state index in [0.717, 1.165) is 27.1 Å². The summed E-state index contributed by atoms with van der Waals surface area (Å²) in [6.45, 7) is 0. The van der Waals surface area contributed by atoms with Crippen LogP contribution in [0.5, 0.6) is 5.75 Å². The number of fused-ring (bicyclic) bond motifs is 1. The third kappa shape index (κ3) is 2.16. The van der Waals surface area contributed by atoms with Crippen molar-refractivity contribution in [2.75, 3.05) is 7.11 Å². The van der Waals surface area contributed by atoms with Gasteiger partial charge in [-0.3, -0.25) is 10.8 Å². The van der Waals surface area contributed by atoms with E-state index in [0.29, 0.717) is 0 Å². The first-order chi connectivity index (χ1) is 9.85. The van der Waals surface area contributed by atoms with E-state index < -0.39 is 0 Å². The molecule has 0 spiro atoms. The molecule has 1 unspecified atom stereocenters. The van der Waals surface area contributed by atoms with Crippen molar-refractivity contribution in [3.63, 3.8) is 0 Å². The fraction of sp³-hybridized carbons (Fsp3) is 0.133. The molecule has 1 aromatic carbocycles. The number of hydrogen-bond donors (Lipinski definition) is 2. The van der Waals surface area contributed by atoms with Crippen LogP contribution in [0, 0.1) is 0 Å². The summed E-state index contributed by atoms with van der Waals surface area (Å²) < 4.78 is 5.40. The van der Waals surface area contributed by atoms with Crippen molar-refractivity contribution < 1.29 is 4.74 Å². The largest absolute Gasteiger partial charge is 0.496 e. The van der Waals surface area contributed by atoms with E-state index in [-0.39, 0.29) is 6.04 Å². The topological polar surface area (TPSA) is 60.2 Å². The van der Waals surface area contributed by atoms with Crippen molar-refractivity contribution in [3.8, 4) is 5.75 Å². The minimum atomic E-state index is -0.113. The highest BCUT2D eigenvalue weighted by atomic mass is 32.1. The summed E-state index contributed by atoms with van der Waals surface area (Å²) in [6.07, 6.45) is 1.79. The molecule has 3 aromatic rings. The number of nitrogens with zero attached hydrogens (tertiary/aromatic N) is 1. The van der Waals surface area contributed by atoms with Crippen molar-refractivity contribution in [1.29, 1.82) is 0 Å². The third-order valence-corrected chi connectivity index (χ3v) is 4.26. The molecule has 4 nitrogen and oxygen atoms in total. The number of ether oxygens (including phenoxy) is 1. The Morgan fingerprint density at radius 2 is 2.15 bits per heavy atom. The summed E-state index contributed by atoms with van der Waals surface area (Å²) in [6, 6.07) is 11.9. The summed E-state index contributed by atoms with van der Waals surface area (Å²) in [5, 5.41) is 3.09. The van der Waals surface area contributed by atoms with Crippen molar-refractivity contribution >= 4 is 22.2 Å². The van der Waals surface area contributed by atoms with Crippen molar-refractivity contribution in [1.82, 2.24) is 10.4 Å². The lowest BCUT2D eigenvalue weighted by Gasteiger charge is -2.18. The van der Waals surface area contributed by atoms with E-state index in [2.05, 4.69) is 22.5 Å². The van der Waals surface area contributed by atoms with Gasteiger partial charge in [0, 0.05) is 11.6 Å². The van der Waals surface area contributed by atoms with E-state index in [9.17, 15) is 0 Å². The summed E-state index contributed by atoms with van der Waals surface area (Å²) in [5.74, 6) is 6.64. The second-order valence-corrected chi connectivity index (χ2v) is 5.32. The second-order valence-electron chi connectivity index (χ2n) is 4.37. The maximum absolute atomic E-state index is 5.79. The molecular weight excluding hydrogens is 270 g/mol. The Kier molecular flexibility index (Phi) is 3.64. The molecule has 2 heterocycles. The molecule has 3 N–H and O–H groups in total. The molecule has 0 aliphatic heterocycles. The Morgan fingerprint density at radius 3 is 2.95 bits per heavy atom. The summed E-state index contributed by atoms with van der Waals surface area (Å²) in [4.78, 5) is 5.45. The molecule has 0 aliphatic carbocycles. The van der Waals surface area contributed by atoms with E-state index in [1.165, 1.54) is 0 Å². The Balaban J connectivity index is 2.17. The van der Waals surface area contributed by atoms with Gasteiger partial charge in [0.15, 0.2) is 0 Å². The lowest BCUT2D eigenvalue weighted by molar-refractivity contribution is 0.408. The fourth-order valence-corrected chi connectivity index (χ4v) is 3.31. The van der Waals surface area contributed by atoms with Gasteiger partial charge >= 0.3 is 0 Å². The van der Waals surface area contributed by atoms with Crippen LogP contribution < -0.4 is 16.0 Å². The lowest BCUT2D eigenvalue weighted by atomic mass is 10.0. The van der Waals surface area contributed by atoms with Gasteiger partial charge in [0.05, 0.1) is 23.5 Å². The predicted octanol–water partition coefficient (Wildman–Crippen LogP) is 2.86. The number of nitrogens with one attached hydrogen (secondary N) is 1. The Hall–Kier alpha value is -1.95. The van der Waals surface area contributed by atoms with Gasteiger partial charge in [-0.25, -0.2) is 5.43 Å². The molecule has 5 heteroatoms. The van der Waals surface area contributed by atoms with Gasteiger partial charge in [-0.2, -0.15) is 0 Å². The van der Waals surface area contributed by atoms with Gasteiger partial charge in [0.25, 0.3) is 0 Å². The number of hydrazine groups is 1. The first-order valence-corrected chi connectivity index (χ1v) is 7.14. The highest BCUT2D eigenvalue weighted by molar-refractivity contribution is 7.10. The van der Waals surface area contributed by atoms with E-state index >= 15 is 0 Å². The fourth-order valence-electron chi connectivity index (χ4n) is 2.37. The third-order valence-electron chi connectivity index (χ3n) is 3.30. The van der Waals surface area contributed by atoms with Gasteiger partial charge in [-0.05, 0) is 29.1 Å². The molecule has 102 valence electrons. The number of benzene rings is 1. The molecule has 0 saturated heterocycles. The number of hydrogen-bond acceptors (Lipinski definition) is 5.